The van der Waals surface area contributed by atoms with Gasteiger partial charge in [0.25, 0.3) is 0 Å². The number of rotatable bonds is 10. The Bertz CT molecular complexity index is 659. The molecule has 1 aliphatic heterocycles. The number of esters is 2. The Morgan fingerprint density at radius 2 is 1.97 bits per heavy atom. The van der Waals surface area contributed by atoms with Crippen molar-refractivity contribution in [2.75, 3.05) is 13.2 Å². The maximum absolute atomic E-state index is 11.7. The molecule has 178 valence electrons. The molecule has 0 spiro atoms. The highest BCUT2D eigenvalue weighted by molar-refractivity contribution is 5.66. The van der Waals surface area contributed by atoms with Crippen LogP contribution >= 0.6 is 0 Å². The van der Waals surface area contributed by atoms with Crippen LogP contribution in [0.2, 0.25) is 0 Å². The molecule has 1 saturated heterocycles. The zero-order chi connectivity index (χ0) is 23.7. The average molecular weight is 439 g/mol. The number of hydrogen-bond acceptors (Lipinski definition) is 6. The molecule has 0 aromatic carbocycles. The quantitative estimate of drug-likeness (QED) is 0.386. The van der Waals surface area contributed by atoms with E-state index in [1.807, 2.05) is 33.8 Å². The van der Waals surface area contributed by atoms with Crippen molar-refractivity contribution in [3.8, 4) is 0 Å². The fraction of sp³-hybridized carbons (Fsp3) is 0.760. The zero-order valence-electron chi connectivity index (χ0n) is 20.5. The van der Waals surface area contributed by atoms with Gasteiger partial charge in [0, 0.05) is 13.8 Å². The van der Waals surface area contributed by atoms with Gasteiger partial charge < -0.3 is 19.3 Å². The van der Waals surface area contributed by atoms with Gasteiger partial charge in [-0.05, 0) is 77.4 Å². The predicted octanol–water partition coefficient (Wildman–Crippen LogP) is 4.89. The highest BCUT2D eigenvalue weighted by Gasteiger charge is 2.40. The number of hydrogen-bond donors (Lipinski definition) is 1. The Morgan fingerprint density at radius 3 is 2.55 bits per heavy atom. The van der Waals surface area contributed by atoms with E-state index in [9.17, 15) is 14.7 Å². The van der Waals surface area contributed by atoms with Gasteiger partial charge in [0.1, 0.15) is 18.3 Å². The van der Waals surface area contributed by atoms with E-state index in [4.69, 9.17) is 14.2 Å². The van der Waals surface area contributed by atoms with Gasteiger partial charge in [0.05, 0.1) is 12.2 Å². The fourth-order valence-corrected chi connectivity index (χ4v) is 3.78. The van der Waals surface area contributed by atoms with Crippen molar-refractivity contribution in [2.45, 2.75) is 104 Å². The summed E-state index contributed by atoms with van der Waals surface area (Å²) in [4.78, 5) is 22.7. The summed E-state index contributed by atoms with van der Waals surface area (Å²) in [5, 5.41) is 10.8. The molecular formula is C25H42O6. The summed E-state index contributed by atoms with van der Waals surface area (Å²) in [6, 6.07) is 0. The first-order chi connectivity index (χ1) is 14.4. The van der Waals surface area contributed by atoms with Crippen molar-refractivity contribution in [3.63, 3.8) is 0 Å². The monoisotopic (exact) mass is 438 g/mol. The molecule has 31 heavy (non-hydrogen) atoms. The summed E-state index contributed by atoms with van der Waals surface area (Å²) < 4.78 is 16.9. The molecule has 1 N–H and O–H groups in total. The Balaban J connectivity index is 2.77. The number of ether oxygens (including phenoxy) is 3. The van der Waals surface area contributed by atoms with E-state index in [1.165, 1.54) is 19.4 Å². The lowest BCUT2D eigenvalue weighted by atomic mass is 9.81. The third kappa shape index (κ3) is 10.0. The van der Waals surface area contributed by atoms with Gasteiger partial charge in [-0.15, -0.1) is 0 Å². The smallest absolute Gasteiger partial charge is 0.303 e. The van der Waals surface area contributed by atoms with Crippen LogP contribution < -0.4 is 0 Å². The largest absolute Gasteiger partial charge is 0.462 e. The molecule has 0 aromatic heterocycles. The molecule has 1 aliphatic rings. The van der Waals surface area contributed by atoms with Crippen molar-refractivity contribution in [1.29, 1.82) is 0 Å². The van der Waals surface area contributed by atoms with Gasteiger partial charge in [-0.3, -0.25) is 9.59 Å². The first-order valence-corrected chi connectivity index (χ1v) is 11.3. The molecule has 0 aromatic rings. The molecule has 6 nitrogen and oxygen atoms in total. The van der Waals surface area contributed by atoms with Crippen molar-refractivity contribution < 1.29 is 28.9 Å². The second kappa shape index (κ2) is 12.4. The topological polar surface area (TPSA) is 82.1 Å². The average Bonchev–Trinajstić information content (AvgIpc) is 2.80. The predicted molar refractivity (Wildman–Crippen MR) is 122 cm³/mol. The standard InChI is InChI=1S/C25H42O6/c1-18(2)12-15-24(6,28)19(3)9-8-14-25(7)23(31-21(5)27)11-10-22(17-30-25)13-16-29-20(4)26/h12-13,19,23,28H,8-11,14-17H2,1-7H3/t19?,23-,24?,25+/m1/s1. The molecule has 0 bridgehead atoms. The minimum absolute atomic E-state index is 0.129. The Morgan fingerprint density at radius 1 is 1.29 bits per heavy atom. The van der Waals surface area contributed by atoms with Gasteiger partial charge in [0.2, 0.25) is 0 Å². The van der Waals surface area contributed by atoms with Gasteiger partial charge in [0.15, 0.2) is 0 Å². The summed E-state index contributed by atoms with van der Waals surface area (Å²) in [7, 11) is 0. The van der Waals surface area contributed by atoms with E-state index in [0.717, 1.165) is 31.3 Å². The lowest BCUT2D eigenvalue weighted by molar-refractivity contribution is -0.168. The van der Waals surface area contributed by atoms with E-state index in [1.54, 1.807) is 0 Å². The van der Waals surface area contributed by atoms with Crippen LogP contribution in [0.1, 0.15) is 87.0 Å². The molecule has 1 rings (SSSR count). The SMILES string of the molecule is CC(=O)OCC=C1CC[C@@H](OC(C)=O)[C@](C)(CCCC(C)C(C)(O)CC=C(C)C)OC1. The molecule has 0 amide bonds. The second-order valence-corrected chi connectivity index (χ2v) is 9.54. The number of carbonyl (C=O) groups is 2. The molecule has 4 atom stereocenters. The van der Waals surface area contributed by atoms with Crippen molar-refractivity contribution >= 4 is 11.9 Å². The molecule has 0 radical (unpaired) electrons. The van der Waals surface area contributed by atoms with Gasteiger partial charge >= 0.3 is 11.9 Å². The van der Waals surface area contributed by atoms with Crippen LogP contribution in [0.15, 0.2) is 23.3 Å². The summed E-state index contributed by atoms with van der Waals surface area (Å²) in [5.41, 5.74) is 0.882. The summed E-state index contributed by atoms with van der Waals surface area (Å²) in [6.07, 6.45) is 8.07. The van der Waals surface area contributed by atoms with E-state index in [2.05, 4.69) is 13.0 Å². The van der Waals surface area contributed by atoms with Gasteiger partial charge in [-0.1, -0.05) is 25.0 Å². The van der Waals surface area contributed by atoms with Crippen LogP contribution in [0.4, 0.5) is 0 Å². The lowest BCUT2D eigenvalue weighted by Crippen LogP contribution is -2.44. The maximum Gasteiger partial charge on any atom is 0.303 e. The fourth-order valence-electron chi connectivity index (χ4n) is 3.78. The van der Waals surface area contributed by atoms with Crippen LogP contribution in [-0.4, -0.2) is 47.6 Å². The Labute approximate surface area is 188 Å². The summed E-state index contributed by atoms with van der Waals surface area (Å²) in [6.45, 7) is 13.5. The highest BCUT2D eigenvalue weighted by Crippen LogP contribution is 2.35. The zero-order valence-corrected chi connectivity index (χ0v) is 20.5. The third-order valence-corrected chi connectivity index (χ3v) is 6.26. The molecule has 2 unspecified atom stereocenters. The van der Waals surface area contributed by atoms with E-state index < -0.39 is 11.2 Å². The number of carbonyl (C=O) groups excluding carboxylic acids is 2. The first kappa shape index (κ1) is 27.4. The highest BCUT2D eigenvalue weighted by atomic mass is 16.6. The molecule has 1 heterocycles. The van der Waals surface area contributed by atoms with Crippen LogP contribution in [-0.2, 0) is 23.8 Å². The minimum Gasteiger partial charge on any atom is -0.462 e. The third-order valence-electron chi connectivity index (χ3n) is 6.26. The molecular weight excluding hydrogens is 396 g/mol. The van der Waals surface area contributed by atoms with Gasteiger partial charge in [-0.25, -0.2) is 0 Å². The van der Waals surface area contributed by atoms with Crippen LogP contribution in [0.5, 0.6) is 0 Å². The first-order valence-electron chi connectivity index (χ1n) is 11.3. The second-order valence-electron chi connectivity index (χ2n) is 9.54. The normalized spacial score (nSPS) is 25.8. The Hall–Kier alpha value is -1.66. The van der Waals surface area contributed by atoms with E-state index in [-0.39, 0.29) is 30.6 Å². The lowest BCUT2D eigenvalue weighted by Gasteiger charge is -2.36. The summed E-state index contributed by atoms with van der Waals surface area (Å²) >= 11 is 0. The summed E-state index contributed by atoms with van der Waals surface area (Å²) in [5.74, 6) is -0.502. The maximum atomic E-state index is 11.7. The molecule has 0 aliphatic carbocycles. The van der Waals surface area contributed by atoms with Crippen LogP contribution in [0.25, 0.3) is 0 Å². The van der Waals surface area contributed by atoms with Crippen molar-refractivity contribution in [1.82, 2.24) is 0 Å². The van der Waals surface area contributed by atoms with E-state index in [0.29, 0.717) is 19.4 Å². The molecule has 6 heteroatoms. The Kier molecular flexibility index (Phi) is 10.9. The minimum atomic E-state index is -0.760. The van der Waals surface area contributed by atoms with E-state index >= 15 is 0 Å². The van der Waals surface area contributed by atoms with Gasteiger partial charge in [-0.2, -0.15) is 0 Å². The number of allylic oxidation sites excluding steroid dienone is 1. The number of aliphatic hydroxyl groups is 1. The molecule has 0 saturated carbocycles. The van der Waals surface area contributed by atoms with Crippen LogP contribution in [0, 0.1) is 5.92 Å². The molecule has 1 fully saturated rings. The van der Waals surface area contributed by atoms with Crippen molar-refractivity contribution in [2.24, 2.45) is 5.92 Å². The van der Waals surface area contributed by atoms with Crippen molar-refractivity contribution in [3.05, 3.63) is 23.3 Å². The van der Waals surface area contributed by atoms with Crippen LogP contribution in [0.3, 0.4) is 0 Å².